The molecule has 1 N–H and O–H groups in total. The molecule has 1 aromatic heterocycles. The zero-order valence-electron chi connectivity index (χ0n) is 7.09. The third-order valence-corrected chi connectivity index (χ3v) is 2.05. The first-order valence-corrected chi connectivity index (χ1v) is 4.97. The molecule has 0 bridgehead atoms. The molecule has 0 amide bonds. The Morgan fingerprint density at radius 2 is 2.17 bits per heavy atom. The maximum Gasteiger partial charge on any atom is 0.227 e. The minimum Gasteiger partial charge on any atom is -0.268 e. The second kappa shape index (κ2) is 3.68. The fourth-order valence-corrected chi connectivity index (χ4v) is 1.36. The van der Waals surface area contributed by atoms with E-state index in [0.717, 1.165) is 0 Å². The first kappa shape index (κ1) is 9.88. The number of nitrogens with zero attached hydrogens (tertiary/aromatic N) is 2. The third-order valence-electron chi connectivity index (χ3n) is 0.846. The summed E-state index contributed by atoms with van der Waals surface area (Å²) in [5.74, 6) is 0. The summed E-state index contributed by atoms with van der Waals surface area (Å²) in [6.07, 6.45) is 0. The Labute approximate surface area is 83.6 Å². The van der Waals surface area contributed by atoms with Crippen LogP contribution < -0.4 is 5.48 Å². The fraction of sp³-hybridized carbons (Fsp3) is 0.667. The predicted molar refractivity (Wildman–Crippen MR) is 52.1 cm³/mol. The zero-order chi connectivity index (χ0) is 9.19. The van der Waals surface area contributed by atoms with E-state index in [4.69, 9.17) is 4.84 Å². The standard InChI is InChI=1S/C6H10BrN3OS/c1-6(2,3)11-9-5-8-4(7)10-12-5/h1-3H3,(H,8,9,10). The second-order valence-corrected chi connectivity index (χ2v) is 4.65. The summed E-state index contributed by atoms with van der Waals surface area (Å²) in [5, 5.41) is 0.650. The van der Waals surface area contributed by atoms with Crippen molar-refractivity contribution >= 4 is 32.6 Å². The summed E-state index contributed by atoms with van der Waals surface area (Å²) >= 11 is 4.39. The molecule has 0 aliphatic heterocycles. The van der Waals surface area contributed by atoms with Crippen molar-refractivity contribution in [1.82, 2.24) is 9.36 Å². The molecule has 4 nitrogen and oxygen atoms in total. The summed E-state index contributed by atoms with van der Waals surface area (Å²) in [5.41, 5.74) is 2.50. The van der Waals surface area contributed by atoms with Crippen LogP contribution in [0, 0.1) is 0 Å². The Morgan fingerprint density at radius 3 is 2.58 bits per heavy atom. The largest absolute Gasteiger partial charge is 0.268 e. The molecule has 1 aromatic rings. The van der Waals surface area contributed by atoms with Gasteiger partial charge in [0.2, 0.25) is 9.87 Å². The van der Waals surface area contributed by atoms with Crippen LogP contribution in [0.4, 0.5) is 5.13 Å². The highest BCUT2D eigenvalue weighted by Gasteiger charge is 2.11. The van der Waals surface area contributed by atoms with Crippen molar-refractivity contribution in [3.05, 3.63) is 4.73 Å². The molecule has 0 radical (unpaired) electrons. The van der Waals surface area contributed by atoms with Crippen LogP contribution >= 0.6 is 27.5 Å². The quantitative estimate of drug-likeness (QED) is 0.821. The summed E-state index contributed by atoms with van der Waals surface area (Å²) in [4.78, 5) is 9.27. The molecule has 0 saturated heterocycles. The van der Waals surface area contributed by atoms with Gasteiger partial charge in [-0.15, -0.1) is 0 Å². The first-order valence-electron chi connectivity index (χ1n) is 3.40. The van der Waals surface area contributed by atoms with Crippen LogP contribution in [-0.2, 0) is 4.84 Å². The van der Waals surface area contributed by atoms with Gasteiger partial charge >= 0.3 is 0 Å². The van der Waals surface area contributed by atoms with E-state index in [0.29, 0.717) is 9.87 Å². The van der Waals surface area contributed by atoms with E-state index in [9.17, 15) is 0 Å². The summed E-state index contributed by atoms with van der Waals surface area (Å²) in [7, 11) is 0. The van der Waals surface area contributed by atoms with Crippen LogP contribution in [-0.4, -0.2) is 15.0 Å². The lowest BCUT2D eigenvalue weighted by atomic mass is 10.2. The van der Waals surface area contributed by atoms with Crippen molar-refractivity contribution < 1.29 is 4.84 Å². The normalized spacial score (nSPS) is 11.7. The van der Waals surface area contributed by atoms with E-state index in [1.807, 2.05) is 20.8 Å². The lowest BCUT2D eigenvalue weighted by Crippen LogP contribution is -2.22. The highest BCUT2D eigenvalue weighted by molar-refractivity contribution is 9.10. The molecule has 0 spiro atoms. The van der Waals surface area contributed by atoms with Crippen molar-refractivity contribution in [3.8, 4) is 0 Å². The molecule has 0 atom stereocenters. The lowest BCUT2D eigenvalue weighted by molar-refractivity contribution is 0.0374. The van der Waals surface area contributed by atoms with Gasteiger partial charge in [0.1, 0.15) is 0 Å². The lowest BCUT2D eigenvalue weighted by Gasteiger charge is -2.17. The van der Waals surface area contributed by atoms with Crippen LogP contribution in [0.5, 0.6) is 0 Å². The SMILES string of the molecule is CC(C)(C)ONc1nc(Br)ns1. The van der Waals surface area contributed by atoms with E-state index < -0.39 is 0 Å². The van der Waals surface area contributed by atoms with Gasteiger partial charge in [0, 0.05) is 11.5 Å². The highest BCUT2D eigenvalue weighted by Crippen LogP contribution is 2.16. The summed E-state index contributed by atoms with van der Waals surface area (Å²) < 4.78 is 4.50. The molecular weight excluding hydrogens is 242 g/mol. The van der Waals surface area contributed by atoms with Crippen molar-refractivity contribution in [2.45, 2.75) is 26.4 Å². The fourth-order valence-electron chi connectivity index (χ4n) is 0.444. The molecule has 0 saturated carbocycles. The second-order valence-electron chi connectivity index (χ2n) is 3.19. The summed E-state index contributed by atoms with van der Waals surface area (Å²) in [6.45, 7) is 5.86. The van der Waals surface area contributed by atoms with Gasteiger partial charge in [-0.3, -0.25) is 4.84 Å². The van der Waals surface area contributed by atoms with Crippen LogP contribution in [0.3, 0.4) is 0 Å². The van der Waals surface area contributed by atoms with E-state index in [1.165, 1.54) is 11.5 Å². The zero-order valence-corrected chi connectivity index (χ0v) is 9.49. The summed E-state index contributed by atoms with van der Waals surface area (Å²) in [6, 6.07) is 0. The molecular formula is C6H10BrN3OS. The van der Waals surface area contributed by atoms with E-state index in [2.05, 4.69) is 30.8 Å². The van der Waals surface area contributed by atoms with Gasteiger partial charge in [0.25, 0.3) is 0 Å². The number of rotatable bonds is 2. The van der Waals surface area contributed by atoms with Gasteiger partial charge in [-0.25, -0.2) is 5.48 Å². The van der Waals surface area contributed by atoms with Gasteiger partial charge in [-0.05, 0) is 36.7 Å². The molecule has 12 heavy (non-hydrogen) atoms. The van der Waals surface area contributed by atoms with Crippen molar-refractivity contribution in [2.24, 2.45) is 0 Å². The number of hydrogen-bond acceptors (Lipinski definition) is 5. The number of halogens is 1. The molecule has 6 heteroatoms. The minimum absolute atomic E-state index is 0.224. The Morgan fingerprint density at radius 1 is 1.50 bits per heavy atom. The number of nitrogens with one attached hydrogen (secondary N) is 1. The van der Waals surface area contributed by atoms with Crippen molar-refractivity contribution in [1.29, 1.82) is 0 Å². The average molecular weight is 252 g/mol. The van der Waals surface area contributed by atoms with E-state index >= 15 is 0 Å². The highest BCUT2D eigenvalue weighted by atomic mass is 79.9. The maximum absolute atomic E-state index is 5.27. The Hall–Kier alpha value is -0.200. The topological polar surface area (TPSA) is 47.0 Å². The Kier molecular flexibility index (Phi) is 3.03. The maximum atomic E-state index is 5.27. The van der Waals surface area contributed by atoms with Gasteiger partial charge in [0.15, 0.2) is 0 Å². The molecule has 68 valence electrons. The average Bonchev–Trinajstić information content (AvgIpc) is 2.30. The monoisotopic (exact) mass is 251 g/mol. The van der Waals surface area contributed by atoms with Crippen molar-refractivity contribution in [2.75, 3.05) is 5.48 Å². The van der Waals surface area contributed by atoms with E-state index in [1.54, 1.807) is 0 Å². The number of anilines is 1. The Bertz CT molecular complexity index is 258. The van der Waals surface area contributed by atoms with Crippen LogP contribution in [0.2, 0.25) is 0 Å². The van der Waals surface area contributed by atoms with Gasteiger partial charge < -0.3 is 0 Å². The van der Waals surface area contributed by atoms with Crippen LogP contribution in [0.15, 0.2) is 4.73 Å². The molecule has 1 rings (SSSR count). The van der Waals surface area contributed by atoms with Gasteiger partial charge in [-0.1, -0.05) is 0 Å². The third kappa shape index (κ3) is 3.46. The number of hydrogen-bond donors (Lipinski definition) is 1. The molecule has 1 heterocycles. The Balaban J connectivity index is 2.44. The molecule has 0 unspecified atom stereocenters. The van der Waals surface area contributed by atoms with Crippen LogP contribution in [0.1, 0.15) is 20.8 Å². The predicted octanol–water partition coefficient (Wildman–Crippen LogP) is 2.44. The molecule has 0 fully saturated rings. The van der Waals surface area contributed by atoms with Crippen LogP contribution in [0.25, 0.3) is 0 Å². The van der Waals surface area contributed by atoms with Gasteiger partial charge in [0.05, 0.1) is 5.60 Å². The molecule has 0 aliphatic carbocycles. The number of aromatic nitrogens is 2. The molecule has 0 aromatic carbocycles. The van der Waals surface area contributed by atoms with Crippen molar-refractivity contribution in [3.63, 3.8) is 0 Å². The first-order chi connectivity index (χ1) is 5.47. The minimum atomic E-state index is -0.224. The van der Waals surface area contributed by atoms with E-state index in [-0.39, 0.29) is 5.60 Å². The molecule has 0 aliphatic rings. The smallest absolute Gasteiger partial charge is 0.227 e. The van der Waals surface area contributed by atoms with Gasteiger partial charge in [-0.2, -0.15) is 9.36 Å².